The second-order valence-corrected chi connectivity index (χ2v) is 5.84. The van der Waals surface area contributed by atoms with E-state index in [-0.39, 0.29) is 17.9 Å². The SMILES string of the molecule is CCSCCC(=O)O[C@@H](C)C(=O)Nc1ccccc1OC(F)F. The van der Waals surface area contributed by atoms with E-state index >= 15 is 0 Å². The maximum Gasteiger partial charge on any atom is 0.387 e. The van der Waals surface area contributed by atoms with Crippen LogP contribution in [0.25, 0.3) is 0 Å². The molecule has 1 aromatic carbocycles. The van der Waals surface area contributed by atoms with Crippen LogP contribution >= 0.6 is 11.8 Å². The highest BCUT2D eigenvalue weighted by Crippen LogP contribution is 2.25. The molecule has 1 aromatic rings. The molecule has 1 N–H and O–H groups in total. The molecule has 8 heteroatoms. The molecule has 0 unspecified atom stereocenters. The number of alkyl halides is 2. The van der Waals surface area contributed by atoms with E-state index in [1.807, 2.05) is 6.92 Å². The molecule has 128 valence electrons. The van der Waals surface area contributed by atoms with Crippen molar-refractivity contribution in [2.75, 3.05) is 16.8 Å². The molecule has 0 bridgehead atoms. The molecule has 5 nitrogen and oxygen atoms in total. The van der Waals surface area contributed by atoms with Gasteiger partial charge in [0.1, 0.15) is 5.75 Å². The Morgan fingerprint density at radius 1 is 1.30 bits per heavy atom. The van der Waals surface area contributed by atoms with Gasteiger partial charge in [0.25, 0.3) is 5.91 Å². The molecule has 0 radical (unpaired) electrons. The summed E-state index contributed by atoms with van der Waals surface area (Å²) in [6, 6.07) is 5.79. The molecular weight excluding hydrogens is 328 g/mol. The molecule has 23 heavy (non-hydrogen) atoms. The Morgan fingerprint density at radius 2 is 2.00 bits per heavy atom. The van der Waals surface area contributed by atoms with Crippen LogP contribution in [0, 0.1) is 0 Å². The van der Waals surface area contributed by atoms with E-state index in [4.69, 9.17) is 4.74 Å². The summed E-state index contributed by atoms with van der Waals surface area (Å²) in [5.41, 5.74) is 0.0854. The summed E-state index contributed by atoms with van der Waals surface area (Å²) in [6.45, 7) is 0.390. The molecule has 1 rings (SSSR count). The maximum atomic E-state index is 12.3. The van der Waals surface area contributed by atoms with Crippen LogP contribution in [0.1, 0.15) is 20.3 Å². The van der Waals surface area contributed by atoms with Crippen molar-refractivity contribution in [2.24, 2.45) is 0 Å². The smallest absolute Gasteiger partial charge is 0.387 e. The first-order valence-electron chi connectivity index (χ1n) is 7.06. The number of halogens is 2. The molecule has 1 atom stereocenters. The van der Waals surface area contributed by atoms with Gasteiger partial charge >= 0.3 is 12.6 Å². The molecular formula is C15H19F2NO4S. The van der Waals surface area contributed by atoms with E-state index < -0.39 is 24.6 Å². The van der Waals surface area contributed by atoms with E-state index in [1.54, 1.807) is 17.8 Å². The van der Waals surface area contributed by atoms with Gasteiger partial charge in [0.2, 0.25) is 0 Å². The predicted octanol–water partition coefficient (Wildman–Crippen LogP) is 3.30. The van der Waals surface area contributed by atoms with Crippen molar-refractivity contribution in [1.29, 1.82) is 0 Å². The standard InChI is InChI=1S/C15H19F2NO4S/c1-3-23-9-8-13(19)21-10(2)14(20)18-11-6-4-5-7-12(11)22-15(16)17/h4-7,10,15H,3,8-9H2,1-2H3,(H,18,20)/t10-/m0/s1. The van der Waals surface area contributed by atoms with Gasteiger partial charge in [-0.25, -0.2) is 0 Å². The molecule has 0 saturated carbocycles. The van der Waals surface area contributed by atoms with Gasteiger partial charge < -0.3 is 14.8 Å². The van der Waals surface area contributed by atoms with Crippen molar-refractivity contribution < 1.29 is 27.8 Å². The van der Waals surface area contributed by atoms with Crippen LogP contribution in [0.4, 0.5) is 14.5 Å². The summed E-state index contributed by atoms with van der Waals surface area (Å²) in [4.78, 5) is 23.5. The summed E-state index contributed by atoms with van der Waals surface area (Å²) in [5.74, 6) is 0.255. The number of rotatable bonds is 9. The fourth-order valence-corrected chi connectivity index (χ4v) is 2.21. The number of amides is 1. The molecule has 0 heterocycles. The maximum absolute atomic E-state index is 12.3. The Kier molecular flexibility index (Phi) is 8.39. The van der Waals surface area contributed by atoms with E-state index in [0.29, 0.717) is 5.75 Å². The summed E-state index contributed by atoms with van der Waals surface area (Å²) in [7, 11) is 0. The van der Waals surface area contributed by atoms with E-state index in [1.165, 1.54) is 25.1 Å². The Labute approximate surface area is 137 Å². The van der Waals surface area contributed by atoms with E-state index in [9.17, 15) is 18.4 Å². The number of hydrogen-bond acceptors (Lipinski definition) is 5. The zero-order valence-electron chi connectivity index (χ0n) is 12.9. The second kappa shape index (κ2) is 10.0. The summed E-state index contributed by atoms with van der Waals surface area (Å²) in [5, 5.41) is 2.41. The monoisotopic (exact) mass is 347 g/mol. The van der Waals surface area contributed by atoms with E-state index in [2.05, 4.69) is 10.1 Å². The van der Waals surface area contributed by atoms with Crippen molar-refractivity contribution in [1.82, 2.24) is 0 Å². The molecule has 0 fully saturated rings. The fraction of sp³-hybridized carbons (Fsp3) is 0.467. The van der Waals surface area contributed by atoms with Crippen molar-refractivity contribution in [3.63, 3.8) is 0 Å². The highest BCUT2D eigenvalue weighted by atomic mass is 32.2. The lowest BCUT2D eigenvalue weighted by Gasteiger charge is -2.15. The normalized spacial score (nSPS) is 11.9. The minimum Gasteiger partial charge on any atom is -0.453 e. The third-order valence-electron chi connectivity index (χ3n) is 2.69. The average Bonchev–Trinajstić information content (AvgIpc) is 2.48. The number of thioether (sulfide) groups is 1. The number of nitrogens with one attached hydrogen (secondary N) is 1. The van der Waals surface area contributed by atoms with Crippen LogP contribution in [-0.4, -0.2) is 36.1 Å². The third kappa shape index (κ3) is 7.32. The quantitative estimate of drug-likeness (QED) is 0.548. The summed E-state index contributed by atoms with van der Waals surface area (Å²) in [6.07, 6.45) is -0.824. The van der Waals surface area contributed by atoms with Crippen LogP contribution in [-0.2, 0) is 14.3 Å². The predicted molar refractivity (Wildman–Crippen MR) is 84.9 cm³/mol. The number of para-hydroxylation sites is 2. The first-order valence-corrected chi connectivity index (χ1v) is 8.21. The minimum absolute atomic E-state index is 0.0854. The Balaban J connectivity index is 2.56. The van der Waals surface area contributed by atoms with Gasteiger partial charge in [-0.1, -0.05) is 19.1 Å². The minimum atomic E-state index is -3.00. The number of hydrogen-bond donors (Lipinski definition) is 1. The zero-order chi connectivity index (χ0) is 17.2. The molecule has 0 aromatic heterocycles. The highest BCUT2D eigenvalue weighted by Gasteiger charge is 2.19. The van der Waals surface area contributed by atoms with Gasteiger partial charge in [-0.05, 0) is 24.8 Å². The average molecular weight is 347 g/mol. The van der Waals surface area contributed by atoms with Crippen molar-refractivity contribution >= 4 is 29.3 Å². The molecule has 0 aliphatic carbocycles. The van der Waals surface area contributed by atoms with Crippen LogP contribution in [0.5, 0.6) is 5.75 Å². The number of ether oxygens (including phenoxy) is 2. The molecule has 0 aliphatic rings. The van der Waals surface area contributed by atoms with Crippen LogP contribution in [0.3, 0.4) is 0 Å². The first-order chi connectivity index (χ1) is 10.9. The van der Waals surface area contributed by atoms with Gasteiger partial charge in [-0.3, -0.25) is 9.59 Å². The number of benzene rings is 1. The Hall–Kier alpha value is -1.83. The van der Waals surface area contributed by atoms with Crippen LogP contribution in [0.15, 0.2) is 24.3 Å². The van der Waals surface area contributed by atoms with Gasteiger partial charge in [0.15, 0.2) is 6.10 Å². The summed E-state index contributed by atoms with van der Waals surface area (Å²) < 4.78 is 33.9. The molecule has 0 aliphatic heterocycles. The van der Waals surface area contributed by atoms with Crippen molar-refractivity contribution in [3.8, 4) is 5.75 Å². The third-order valence-corrected chi connectivity index (χ3v) is 3.59. The topological polar surface area (TPSA) is 64.6 Å². The van der Waals surface area contributed by atoms with Gasteiger partial charge in [0.05, 0.1) is 12.1 Å². The van der Waals surface area contributed by atoms with Gasteiger partial charge in [-0.15, -0.1) is 0 Å². The number of anilines is 1. The Bertz CT molecular complexity index is 528. The van der Waals surface area contributed by atoms with Crippen molar-refractivity contribution in [3.05, 3.63) is 24.3 Å². The largest absolute Gasteiger partial charge is 0.453 e. The fourth-order valence-electron chi connectivity index (χ4n) is 1.61. The Morgan fingerprint density at radius 3 is 2.65 bits per heavy atom. The van der Waals surface area contributed by atoms with Crippen LogP contribution in [0.2, 0.25) is 0 Å². The van der Waals surface area contributed by atoms with E-state index in [0.717, 1.165) is 5.75 Å². The lowest BCUT2D eigenvalue weighted by molar-refractivity contribution is -0.152. The number of esters is 1. The number of carbonyl (C=O) groups excluding carboxylic acids is 2. The second-order valence-electron chi connectivity index (χ2n) is 4.44. The molecule has 0 saturated heterocycles. The molecule has 0 spiro atoms. The lowest BCUT2D eigenvalue weighted by Crippen LogP contribution is -2.30. The van der Waals surface area contributed by atoms with Gasteiger partial charge in [0, 0.05) is 5.75 Å². The molecule has 1 amide bonds. The lowest BCUT2D eigenvalue weighted by atomic mass is 10.2. The highest BCUT2D eigenvalue weighted by molar-refractivity contribution is 7.99. The number of carbonyl (C=O) groups is 2. The first kappa shape index (κ1) is 19.2. The summed E-state index contributed by atoms with van der Waals surface area (Å²) >= 11 is 1.59. The van der Waals surface area contributed by atoms with Gasteiger partial charge in [-0.2, -0.15) is 20.5 Å². The zero-order valence-corrected chi connectivity index (χ0v) is 13.7. The van der Waals surface area contributed by atoms with Crippen LogP contribution < -0.4 is 10.1 Å². The van der Waals surface area contributed by atoms with Crippen molar-refractivity contribution in [2.45, 2.75) is 33.0 Å².